The van der Waals surface area contributed by atoms with Crippen LogP contribution in [0, 0.1) is 0 Å². The summed E-state index contributed by atoms with van der Waals surface area (Å²) >= 11 is 1.60. The van der Waals surface area contributed by atoms with E-state index in [1.165, 1.54) is 0 Å². The van der Waals surface area contributed by atoms with Gasteiger partial charge < -0.3 is 24.7 Å². The Morgan fingerprint density at radius 2 is 2.04 bits per heavy atom. The van der Waals surface area contributed by atoms with Crippen LogP contribution in [-0.2, 0) is 11.4 Å². The number of methoxy groups -OCH3 is 1. The Hall–Kier alpha value is -2.18. The summed E-state index contributed by atoms with van der Waals surface area (Å²) in [6, 6.07) is 15.1. The lowest BCUT2D eigenvalue weighted by atomic mass is 10.2. The van der Waals surface area contributed by atoms with E-state index in [1.54, 1.807) is 18.9 Å². The van der Waals surface area contributed by atoms with Crippen LogP contribution in [0.1, 0.15) is 16.5 Å². The van der Waals surface area contributed by atoms with Gasteiger partial charge in [0, 0.05) is 5.56 Å². The SMILES string of the molecule is COc1ccc([C@H]2[NH2+][C@@H](C(=O)[O-])CS2)cc1OCc1ccccc1. The van der Waals surface area contributed by atoms with E-state index in [9.17, 15) is 9.90 Å². The Bertz CT molecular complexity index is 707. The molecular formula is C18H19NO4S. The Labute approximate surface area is 145 Å². The van der Waals surface area contributed by atoms with Crippen molar-refractivity contribution in [1.29, 1.82) is 0 Å². The minimum atomic E-state index is -1.01. The number of hydrogen-bond donors (Lipinski definition) is 1. The van der Waals surface area contributed by atoms with Gasteiger partial charge in [-0.1, -0.05) is 42.1 Å². The predicted molar refractivity (Wildman–Crippen MR) is 89.7 cm³/mol. The first-order valence-corrected chi connectivity index (χ1v) is 8.74. The number of ether oxygens (including phenoxy) is 2. The van der Waals surface area contributed by atoms with E-state index in [1.807, 2.05) is 53.8 Å². The molecule has 0 saturated carbocycles. The van der Waals surface area contributed by atoms with Crippen molar-refractivity contribution in [3.8, 4) is 11.5 Å². The lowest BCUT2D eigenvalue weighted by Gasteiger charge is -2.15. The average Bonchev–Trinajstić information content (AvgIpc) is 3.11. The summed E-state index contributed by atoms with van der Waals surface area (Å²) in [5, 5.41) is 12.9. The zero-order valence-corrected chi connectivity index (χ0v) is 14.1. The Morgan fingerprint density at radius 3 is 2.71 bits per heavy atom. The van der Waals surface area contributed by atoms with Gasteiger partial charge in [-0.3, -0.25) is 0 Å². The molecule has 0 unspecified atom stereocenters. The van der Waals surface area contributed by atoms with Crippen LogP contribution in [0.5, 0.6) is 11.5 Å². The van der Waals surface area contributed by atoms with Crippen molar-refractivity contribution in [2.45, 2.75) is 18.0 Å². The van der Waals surface area contributed by atoms with E-state index in [-0.39, 0.29) is 5.37 Å². The van der Waals surface area contributed by atoms with Crippen molar-refractivity contribution in [1.82, 2.24) is 0 Å². The number of thioether (sulfide) groups is 1. The molecule has 2 aromatic rings. The van der Waals surface area contributed by atoms with Crippen LogP contribution in [-0.4, -0.2) is 24.9 Å². The highest BCUT2D eigenvalue weighted by Gasteiger charge is 2.31. The maximum atomic E-state index is 11.0. The van der Waals surface area contributed by atoms with Crippen LogP contribution in [0.15, 0.2) is 48.5 Å². The topological polar surface area (TPSA) is 75.2 Å². The molecule has 0 aliphatic carbocycles. The molecule has 0 spiro atoms. The van der Waals surface area contributed by atoms with E-state index >= 15 is 0 Å². The van der Waals surface area contributed by atoms with Crippen molar-refractivity contribution in [3.05, 3.63) is 59.7 Å². The Kier molecular flexibility index (Phi) is 5.27. The summed E-state index contributed by atoms with van der Waals surface area (Å²) < 4.78 is 11.3. The molecule has 2 aromatic carbocycles. The highest BCUT2D eigenvalue weighted by atomic mass is 32.2. The molecule has 1 heterocycles. The summed E-state index contributed by atoms with van der Waals surface area (Å²) in [4.78, 5) is 11.0. The average molecular weight is 345 g/mol. The molecule has 2 atom stereocenters. The van der Waals surface area contributed by atoms with Gasteiger partial charge in [0.25, 0.3) is 0 Å². The van der Waals surface area contributed by atoms with Gasteiger partial charge in [0.15, 0.2) is 16.9 Å². The highest BCUT2D eigenvalue weighted by molar-refractivity contribution is 7.99. The molecule has 24 heavy (non-hydrogen) atoms. The Morgan fingerprint density at radius 1 is 1.25 bits per heavy atom. The fraction of sp³-hybridized carbons (Fsp3) is 0.278. The van der Waals surface area contributed by atoms with Crippen molar-refractivity contribution < 1.29 is 24.7 Å². The molecule has 1 aliphatic heterocycles. The molecule has 126 valence electrons. The summed E-state index contributed by atoms with van der Waals surface area (Å²) in [5.41, 5.74) is 2.08. The fourth-order valence-electron chi connectivity index (χ4n) is 2.60. The number of nitrogens with two attached hydrogens (primary N) is 1. The van der Waals surface area contributed by atoms with Gasteiger partial charge in [-0.05, 0) is 23.8 Å². The van der Waals surface area contributed by atoms with E-state index in [4.69, 9.17) is 9.47 Å². The molecule has 0 bridgehead atoms. The molecule has 6 heteroatoms. The van der Waals surface area contributed by atoms with Crippen molar-refractivity contribution in [2.75, 3.05) is 12.9 Å². The highest BCUT2D eigenvalue weighted by Crippen LogP contribution is 2.34. The zero-order valence-electron chi connectivity index (χ0n) is 13.3. The number of hydrogen-bond acceptors (Lipinski definition) is 5. The smallest absolute Gasteiger partial charge is 0.162 e. The van der Waals surface area contributed by atoms with Gasteiger partial charge in [0.05, 0.1) is 12.9 Å². The maximum absolute atomic E-state index is 11.0. The van der Waals surface area contributed by atoms with Crippen molar-refractivity contribution in [3.63, 3.8) is 0 Å². The number of rotatable bonds is 6. The monoisotopic (exact) mass is 345 g/mol. The second-order valence-corrected chi connectivity index (χ2v) is 6.73. The number of carbonyl (C=O) groups is 1. The van der Waals surface area contributed by atoms with E-state index in [2.05, 4.69) is 0 Å². The fourth-order valence-corrected chi connectivity index (χ4v) is 3.90. The first-order chi connectivity index (χ1) is 11.7. The lowest BCUT2D eigenvalue weighted by Crippen LogP contribution is -2.90. The predicted octanol–water partition coefficient (Wildman–Crippen LogP) is 0.702. The van der Waals surface area contributed by atoms with Crippen molar-refractivity contribution >= 4 is 17.7 Å². The standard InChI is InChI=1S/C18H19NO4S/c1-22-15-8-7-13(17-19-14(11-24-17)18(20)21)9-16(15)23-10-12-5-3-2-4-6-12/h2-9,14,17,19H,10-11H2,1H3,(H,20,21)/t14-,17+/m1/s1. The van der Waals surface area contributed by atoms with Gasteiger partial charge >= 0.3 is 0 Å². The van der Waals surface area contributed by atoms with Crippen molar-refractivity contribution in [2.24, 2.45) is 0 Å². The normalized spacial score (nSPS) is 19.9. The summed E-state index contributed by atoms with van der Waals surface area (Å²) in [7, 11) is 1.60. The molecular weight excluding hydrogens is 326 g/mol. The van der Waals surface area contributed by atoms with Crippen LogP contribution in [0.4, 0.5) is 0 Å². The first kappa shape index (κ1) is 16.7. The van der Waals surface area contributed by atoms with Crippen LogP contribution < -0.4 is 19.9 Å². The van der Waals surface area contributed by atoms with Crippen LogP contribution in [0.3, 0.4) is 0 Å². The van der Waals surface area contributed by atoms with Gasteiger partial charge in [-0.15, -0.1) is 0 Å². The number of carbonyl (C=O) groups excluding carboxylic acids is 1. The molecule has 3 rings (SSSR count). The minimum absolute atomic E-state index is 0.0258. The summed E-state index contributed by atoms with van der Waals surface area (Å²) in [5.74, 6) is 0.845. The molecule has 1 aliphatic rings. The third-order valence-electron chi connectivity index (χ3n) is 3.92. The number of carboxylic acid groups (broad SMARTS) is 1. The molecule has 2 N–H and O–H groups in total. The number of quaternary nitrogens is 1. The van der Waals surface area contributed by atoms with Crippen LogP contribution >= 0.6 is 11.8 Å². The number of benzene rings is 2. The van der Waals surface area contributed by atoms with Gasteiger partial charge in [0.2, 0.25) is 0 Å². The summed E-state index contributed by atoms with van der Waals surface area (Å²) in [6.45, 7) is 0.448. The number of aliphatic carboxylic acids is 1. The molecule has 0 radical (unpaired) electrons. The molecule has 0 amide bonds. The number of carboxylic acids is 1. The minimum Gasteiger partial charge on any atom is -0.544 e. The van der Waals surface area contributed by atoms with Gasteiger partial charge in [0.1, 0.15) is 18.6 Å². The molecule has 1 fully saturated rings. The van der Waals surface area contributed by atoms with E-state index in [0.29, 0.717) is 23.9 Å². The molecule has 0 aromatic heterocycles. The maximum Gasteiger partial charge on any atom is 0.162 e. The first-order valence-electron chi connectivity index (χ1n) is 7.69. The Balaban J connectivity index is 1.74. The van der Waals surface area contributed by atoms with Crippen LogP contribution in [0.25, 0.3) is 0 Å². The van der Waals surface area contributed by atoms with Gasteiger partial charge in [-0.25, -0.2) is 0 Å². The third-order valence-corrected chi connectivity index (χ3v) is 5.26. The van der Waals surface area contributed by atoms with Crippen LogP contribution in [0.2, 0.25) is 0 Å². The third kappa shape index (κ3) is 3.83. The second-order valence-electron chi connectivity index (χ2n) is 5.56. The quantitative estimate of drug-likeness (QED) is 0.834. The molecule has 5 nitrogen and oxygen atoms in total. The zero-order chi connectivity index (χ0) is 16.9. The van der Waals surface area contributed by atoms with Gasteiger partial charge in [-0.2, -0.15) is 0 Å². The lowest BCUT2D eigenvalue weighted by molar-refractivity contribution is -0.690. The largest absolute Gasteiger partial charge is 0.544 e. The summed E-state index contributed by atoms with van der Waals surface area (Å²) in [6.07, 6.45) is 0. The van der Waals surface area contributed by atoms with E-state index in [0.717, 1.165) is 11.1 Å². The molecule has 1 saturated heterocycles. The second kappa shape index (κ2) is 7.59. The van der Waals surface area contributed by atoms with E-state index < -0.39 is 12.0 Å².